The molecule has 51 valence electrons. The van der Waals surface area contributed by atoms with E-state index >= 15 is 0 Å². The van der Waals surface area contributed by atoms with E-state index in [1.54, 1.807) is 0 Å². The molecule has 0 heterocycles. The first-order valence-corrected chi connectivity index (χ1v) is 3.49. The van der Waals surface area contributed by atoms with Crippen LogP contribution in [0.1, 0.15) is 32.1 Å². The van der Waals surface area contributed by atoms with Crippen LogP contribution in [0.25, 0.3) is 0 Å². The summed E-state index contributed by atoms with van der Waals surface area (Å²) in [4.78, 5) is 4.89. The van der Waals surface area contributed by atoms with Gasteiger partial charge in [-0.05, 0) is 25.7 Å². The third kappa shape index (κ3) is 2.04. The molecule has 1 aliphatic carbocycles. The second kappa shape index (κ2) is 3.49. The molecule has 2 heteroatoms. The third-order valence-electron chi connectivity index (χ3n) is 1.76. The minimum absolute atomic E-state index is 0.309. The molecule has 0 amide bonds. The molecule has 0 bridgehead atoms. The van der Waals surface area contributed by atoms with Crippen molar-refractivity contribution in [3.8, 4) is 0 Å². The zero-order valence-electron chi connectivity index (χ0n) is 5.55. The smallest absolute Gasteiger partial charge is 0.127 e. The van der Waals surface area contributed by atoms with E-state index in [0.717, 1.165) is 12.8 Å². The standard InChI is InChI=1S/C7H12NO/c1-8-9-7-5-3-2-4-6-7/h1,7H,2-6H2. The Hall–Kier alpha value is -0.530. The molecule has 0 unspecified atom stereocenters. The van der Waals surface area contributed by atoms with Crippen LogP contribution in [0.5, 0.6) is 0 Å². The lowest BCUT2D eigenvalue weighted by Crippen LogP contribution is -2.13. The fraction of sp³-hybridized carbons (Fsp3) is 0.857. The molecule has 0 N–H and O–H groups in total. The lowest BCUT2D eigenvalue weighted by atomic mass is 9.98. The number of hydrogen-bond donors (Lipinski definition) is 0. The molecule has 0 aromatic carbocycles. The SMILES string of the molecule is [CH]=NOC1CCCCC1. The Labute approximate surface area is 55.9 Å². The van der Waals surface area contributed by atoms with Gasteiger partial charge in [0.15, 0.2) is 0 Å². The van der Waals surface area contributed by atoms with Crippen molar-refractivity contribution in [1.82, 2.24) is 0 Å². The van der Waals surface area contributed by atoms with E-state index < -0.39 is 0 Å². The largest absolute Gasteiger partial charge is 0.392 e. The monoisotopic (exact) mass is 126 g/mol. The highest BCUT2D eigenvalue weighted by Crippen LogP contribution is 2.19. The van der Waals surface area contributed by atoms with Crippen molar-refractivity contribution in [3.05, 3.63) is 0 Å². The van der Waals surface area contributed by atoms with Gasteiger partial charge in [0.05, 0.1) is 6.72 Å². The molecule has 1 rings (SSSR count). The molecule has 0 aromatic rings. The number of rotatable bonds is 2. The van der Waals surface area contributed by atoms with Crippen molar-refractivity contribution in [2.45, 2.75) is 38.2 Å². The predicted octanol–water partition coefficient (Wildman–Crippen LogP) is 1.83. The average Bonchev–Trinajstić information content (AvgIpc) is 1.91. The highest BCUT2D eigenvalue weighted by molar-refractivity contribution is 5.21. The quantitative estimate of drug-likeness (QED) is 0.408. The summed E-state index contributed by atoms with van der Waals surface area (Å²) in [6, 6.07) is 0. The zero-order valence-corrected chi connectivity index (χ0v) is 5.55. The van der Waals surface area contributed by atoms with Crippen molar-refractivity contribution in [1.29, 1.82) is 0 Å². The molecule has 0 aromatic heterocycles. The maximum absolute atomic E-state index is 4.89. The average molecular weight is 126 g/mol. The van der Waals surface area contributed by atoms with Gasteiger partial charge in [-0.25, -0.2) is 0 Å². The van der Waals surface area contributed by atoms with E-state index in [1.807, 2.05) is 0 Å². The topological polar surface area (TPSA) is 21.6 Å². The van der Waals surface area contributed by atoms with Crippen LogP contribution >= 0.6 is 0 Å². The molecule has 0 aliphatic heterocycles. The molecule has 0 spiro atoms. The fourth-order valence-corrected chi connectivity index (χ4v) is 1.26. The van der Waals surface area contributed by atoms with Crippen LogP contribution in [0, 0.1) is 0 Å². The number of nitrogens with zero attached hydrogens (tertiary/aromatic N) is 1. The summed E-state index contributed by atoms with van der Waals surface area (Å²) in [6.07, 6.45) is 6.43. The molecule has 1 saturated carbocycles. The first kappa shape index (κ1) is 6.59. The first-order valence-electron chi connectivity index (χ1n) is 3.49. The van der Waals surface area contributed by atoms with Gasteiger partial charge in [-0.1, -0.05) is 11.6 Å². The minimum Gasteiger partial charge on any atom is -0.392 e. The van der Waals surface area contributed by atoms with Gasteiger partial charge < -0.3 is 4.84 Å². The lowest BCUT2D eigenvalue weighted by molar-refractivity contribution is 0.0347. The van der Waals surface area contributed by atoms with E-state index in [-0.39, 0.29) is 0 Å². The summed E-state index contributed by atoms with van der Waals surface area (Å²) in [5.74, 6) is 0. The van der Waals surface area contributed by atoms with Crippen molar-refractivity contribution >= 4 is 6.72 Å². The maximum atomic E-state index is 4.89. The van der Waals surface area contributed by atoms with Gasteiger partial charge in [0.25, 0.3) is 0 Å². The Morgan fingerprint density at radius 3 is 2.44 bits per heavy atom. The number of hydrogen-bond acceptors (Lipinski definition) is 2. The van der Waals surface area contributed by atoms with Gasteiger partial charge in [0.1, 0.15) is 6.10 Å². The van der Waals surface area contributed by atoms with E-state index in [9.17, 15) is 0 Å². The van der Waals surface area contributed by atoms with E-state index in [4.69, 9.17) is 11.6 Å². The van der Waals surface area contributed by atoms with E-state index in [2.05, 4.69) is 5.16 Å². The highest BCUT2D eigenvalue weighted by atomic mass is 16.6. The van der Waals surface area contributed by atoms with Gasteiger partial charge in [0, 0.05) is 0 Å². The third-order valence-corrected chi connectivity index (χ3v) is 1.76. The van der Waals surface area contributed by atoms with Crippen LogP contribution in [0.15, 0.2) is 5.16 Å². The summed E-state index contributed by atoms with van der Waals surface area (Å²) >= 11 is 0. The van der Waals surface area contributed by atoms with Crippen molar-refractivity contribution in [2.75, 3.05) is 0 Å². The Balaban J connectivity index is 2.15. The van der Waals surface area contributed by atoms with Crippen LogP contribution in [0.2, 0.25) is 0 Å². The van der Waals surface area contributed by atoms with Crippen molar-refractivity contribution in [3.63, 3.8) is 0 Å². The molecular formula is C7H12NO. The van der Waals surface area contributed by atoms with Gasteiger partial charge in [0.2, 0.25) is 0 Å². The molecule has 0 saturated heterocycles. The molecule has 1 aliphatic rings. The van der Waals surface area contributed by atoms with Crippen molar-refractivity contribution < 1.29 is 4.84 Å². The van der Waals surface area contributed by atoms with Crippen LogP contribution < -0.4 is 0 Å². The molecular weight excluding hydrogens is 114 g/mol. The van der Waals surface area contributed by atoms with Gasteiger partial charge in [-0.2, -0.15) is 0 Å². The minimum atomic E-state index is 0.309. The molecule has 1 radical (unpaired) electrons. The summed E-state index contributed by atoms with van der Waals surface area (Å²) in [7, 11) is 0. The normalized spacial score (nSPS) is 21.3. The molecule has 0 atom stereocenters. The Morgan fingerprint density at radius 1 is 1.22 bits per heavy atom. The Kier molecular flexibility index (Phi) is 2.55. The molecule has 2 nitrogen and oxygen atoms in total. The summed E-state index contributed by atoms with van der Waals surface area (Å²) in [5.41, 5.74) is 0. The maximum Gasteiger partial charge on any atom is 0.127 e. The fourth-order valence-electron chi connectivity index (χ4n) is 1.26. The van der Waals surface area contributed by atoms with E-state index in [1.165, 1.54) is 19.3 Å². The van der Waals surface area contributed by atoms with Crippen LogP contribution in [-0.4, -0.2) is 12.8 Å². The molecule has 1 fully saturated rings. The van der Waals surface area contributed by atoms with Gasteiger partial charge in [-0.3, -0.25) is 0 Å². The summed E-state index contributed by atoms with van der Waals surface area (Å²) in [5, 5.41) is 3.16. The highest BCUT2D eigenvalue weighted by Gasteiger charge is 2.13. The summed E-state index contributed by atoms with van der Waals surface area (Å²) < 4.78 is 0. The van der Waals surface area contributed by atoms with Crippen LogP contribution in [0.3, 0.4) is 0 Å². The summed E-state index contributed by atoms with van der Waals surface area (Å²) in [6.45, 7) is 4.86. The zero-order chi connectivity index (χ0) is 6.53. The van der Waals surface area contributed by atoms with Gasteiger partial charge in [-0.15, -0.1) is 0 Å². The molecule has 9 heavy (non-hydrogen) atoms. The van der Waals surface area contributed by atoms with Crippen molar-refractivity contribution in [2.24, 2.45) is 5.16 Å². The second-order valence-corrected chi connectivity index (χ2v) is 2.47. The van der Waals surface area contributed by atoms with E-state index in [0.29, 0.717) is 6.10 Å². The first-order chi connectivity index (χ1) is 4.43. The Morgan fingerprint density at radius 2 is 1.89 bits per heavy atom. The Bertz CT molecular complexity index is 86.9. The van der Waals surface area contributed by atoms with Crippen LogP contribution in [-0.2, 0) is 4.84 Å². The predicted molar refractivity (Wildman–Crippen MR) is 36.4 cm³/mol. The second-order valence-electron chi connectivity index (χ2n) is 2.47. The lowest BCUT2D eigenvalue weighted by Gasteiger charge is -2.18. The van der Waals surface area contributed by atoms with Gasteiger partial charge >= 0.3 is 0 Å². The van der Waals surface area contributed by atoms with Crippen LogP contribution in [0.4, 0.5) is 0 Å².